The fourth-order valence-corrected chi connectivity index (χ4v) is 2.08. The van der Waals surface area contributed by atoms with E-state index in [0.717, 1.165) is 23.5 Å². The molecule has 0 aliphatic rings. The molecule has 2 aromatic rings. The van der Waals surface area contributed by atoms with Gasteiger partial charge in [0.1, 0.15) is 17.3 Å². The van der Waals surface area contributed by atoms with E-state index < -0.39 is 17.7 Å². The summed E-state index contributed by atoms with van der Waals surface area (Å²) in [5.74, 6) is -1.84. The van der Waals surface area contributed by atoms with E-state index >= 15 is 0 Å². The predicted molar refractivity (Wildman–Crippen MR) is 71.1 cm³/mol. The van der Waals surface area contributed by atoms with Crippen molar-refractivity contribution in [1.29, 1.82) is 0 Å². The number of hydrogen-bond acceptors (Lipinski definition) is 4. The Balaban J connectivity index is 2.03. The van der Waals surface area contributed by atoms with Crippen LogP contribution in [-0.2, 0) is 0 Å². The van der Waals surface area contributed by atoms with Gasteiger partial charge in [0.15, 0.2) is 10.9 Å². The summed E-state index contributed by atoms with van der Waals surface area (Å²) < 4.78 is 26.0. The number of carbonyl (C=O) groups is 2. The van der Waals surface area contributed by atoms with Crippen LogP contribution in [0.3, 0.4) is 0 Å². The number of nitrogens with zero attached hydrogens (tertiary/aromatic N) is 1. The fraction of sp³-hybridized carbons (Fsp3) is 0.0833. The number of urea groups is 1. The number of thiazole rings is 1. The summed E-state index contributed by atoms with van der Waals surface area (Å²) in [5, 5.41) is 6.27. The molecule has 0 radical (unpaired) electrons. The average Bonchev–Trinajstić information content (AvgIpc) is 2.81. The van der Waals surface area contributed by atoms with Crippen LogP contribution in [0.4, 0.5) is 24.4 Å². The third-order valence-corrected chi connectivity index (χ3v) is 3.02. The number of ketones is 1. The Labute approximate surface area is 116 Å². The minimum atomic E-state index is -0.885. The zero-order chi connectivity index (χ0) is 14.7. The number of amides is 2. The van der Waals surface area contributed by atoms with Gasteiger partial charge in [0.05, 0.1) is 5.69 Å². The molecule has 2 N–H and O–H groups in total. The molecule has 1 aromatic carbocycles. The van der Waals surface area contributed by atoms with Gasteiger partial charge in [-0.05, 0) is 12.1 Å². The lowest BCUT2D eigenvalue weighted by molar-refractivity contribution is 0.101. The third-order valence-electron chi connectivity index (χ3n) is 2.26. The van der Waals surface area contributed by atoms with Crippen molar-refractivity contribution in [3.05, 3.63) is 40.9 Å². The number of Topliss-reactive ketones (excluding diaryl/α,β-unsaturated/α-hetero) is 1. The van der Waals surface area contributed by atoms with Crippen molar-refractivity contribution in [2.45, 2.75) is 6.92 Å². The highest BCUT2D eigenvalue weighted by Gasteiger charge is 2.11. The first-order valence-electron chi connectivity index (χ1n) is 5.45. The van der Waals surface area contributed by atoms with Crippen molar-refractivity contribution in [3.8, 4) is 0 Å². The van der Waals surface area contributed by atoms with E-state index in [0.29, 0.717) is 6.07 Å². The van der Waals surface area contributed by atoms with Gasteiger partial charge in [-0.1, -0.05) is 0 Å². The van der Waals surface area contributed by atoms with E-state index in [2.05, 4.69) is 15.6 Å². The Bertz CT molecular complexity index is 672. The summed E-state index contributed by atoms with van der Waals surface area (Å²) in [4.78, 5) is 26.5. The van der Waals surface area contributed by atoms with Gasteiger partial charge in [-0.3, -0.25) is 10.1 Å². The van der Waals surface area contributed by atoms with Crippen LogP contribution in [0, 0.1) is 11.6 Å². The van der Waals surface area contributed by atoms with Crippen LogP contribution in [0.15, 0.2) is 23.6 Å². The van der Waals surface area contributed by atoms with Crippen molar-refractivity contribution in [2.75, 3.05) is 10.6 Å². The molecule has 0 saturated carbocycles. The zero-order valence-electron chi connectivity index (χ0n) is 10.2. The number of benzene rings is 1. The highest BCUT2D eigenvalue weighted by atomic mass is 32.1. The SMILES string of the molecule is CC(=O)c1csc(NC(=O)Nc2ccc(F)cc2F)n1. The molecule has 0 aliphatic heterocycles. The Morgan fingerprint density at radius 2 is 2.00 bits per heavy atom. The number of nitrogens with one attached hydrogen (secondary N) is 2. The minimum absolute atomic E-state index is 0.160. The molecular weight excluding hydrogens is 288 g/mol. The maximum absolute atomic E-state index is 13.3. The summed E-state index contributed by atoms with van der Waals surface area (Å²) in [7, 11) is 0. The lowest BCUT2D eigenvalue weighted by Crippen LogP contribution is -2.20. The van der Waals surface area contributed by atoms with Gasteiger partial charge in [0, 0.05) is 18.4 Å². The van der Waals surface area contributed by atoms with Crippen LogP contribution >= 0.6 is 11.3 Å². The molecule has 0 spiro atoms. The molecule has 0 atom stereocenters. The van der Waals surface area contributed by atoms with Crippen LogP contribution < -0.4 is 10.6 Å². The first-order valence-corrected chi connectivity index (χ1v) is 6.33. The first-order chi connectivity index (χ1) is 9.45. The summed E-state index contributed by atoms with van der Waals surface area (Å²) in [6.07, 6.45) is 0. The quantitative estimate of drug-likeness (QED) is 0.854. The first kappa shape index (κ1) is 14.1. The van der Waals surface area contributed by atoms with E-state index in [1.165, 1.54) is 12.3 Å². The molecule has 8 heteroatoms. The number of anilines is 2. The highest BCUT2D eigenvalue weighted by molar-refractivity contribution is 7.14. The standard InChI is InChI=1S/C12H9F2N3O2S/c1-6(18)10-5-20-12(16-10)17-11(19)15-9-3-2-7(13)4-8(9)14/h2-5H,1H3,(H2,15,16,17,19). The molecule has 20 heavy (non-hydrogen) atoms. The van der Waals surface area contributed by atoms with Gasteiger partial charge >= 0.3 is 6.03 Å². The van der Waals surface area contributed by atoms with E-state index in [1.807, 2.05) is 0 Å². The predicted octanol–water partition coefficient (Wildman–Crippen LogP) is 3.27. The van der Waals surface area contributed by atoms with E-state index in [-0.39, 0.29) is 22.3 Å². The molecule has 0 bridgehead atoms. The smallest absolute Gasteiger partial charge is 0.305 e. The molecule has 1 aromatic heterocycles. The topological polar surface area (TPSA) is 71.1 Å². The van der Waals surface area contributed by atoms with Crippen molar-refractivity contribution in [1.82, 2.24) is 4.98 Å². The average molecular weight is 297 g/mol. The molecule has 0 saturated heterocycles. The highest BCUT2D eigenvalue weighted by Crippen LogP contribution is 2.18. The lowest BCUT2D eigenvalue weighted by atomic mass is 10.3. The van der Waals surface area contributed by atoms with E-state index in [9.17, 15) is 18.4 Å². The Kier molecular flexibility index (Phi) is 4.04. The molecular formula is C12H9F2N3O2S. The summed E-state index contributed by atoms with van der Waals surface area (Å²) in [6, 6.07) is 2.05. The van der Waals surface area contributed by atoms with Crippen molar-refractivity contribution >= 4 is 34.0 Å². The summed E-state index contributed by atoms with van der Waals surface area (Å²) in [6.45, 7) is 1.35. The zero-order valence-corrected chi connectivity index (χ0v) is 11.1. The van der Waals surface area contributed by atoms with Gasteiger partial charge in [0.25, 0.3) is 0 Å². The fourth-order valence-electron chi connectivity index (χ4n) is 1.33. The Morgan fingerprint density at radius 1 is 1.25 bits per heavy atom. The van der Waals surface area contributed by atoms with Gasteiger partial charge < -0.3 is 5.32 Å². The monoisotopic (exact) mass is 297 g/mol. The molecule has 0 fully saturated rings. The second-order valence-corrected chi connectivity index (χ2v) is 4.66. The third kappa shape index (κ3) is 3.35. The summed E-state index contributed by atoms with van der Waals surface area (Å²) in [5.41, 5.74) is 0.0745. The van der Waals surface area contributed by atoms with Crippen molar-refractivity contribution in [2.24, 2.45) is 0 Å². The normalized spacial score (nSPS) is 10.2. The van der Waals surface area contributed by atoms with Gasteiger partial charge in [-0.25, -0.2) is 18.6 Å². The second kappa shape index (κ2) is 5.74. The number of rotatable bonds is 3. The van der Waals surface area contributed by atoms with Gasteiger partial charge in [-0.15, -0.1) is 11.3 Å². The van der Waals surface area contributed by atoms with Gasteiger partial charge in [-0.2, -0.15) is 0 Å². The Morgan fingerprint density at radius 3 is 2.60 bits per heavy atom. The molecule has 104 valence electrons. The number of halogens is 2. The van der Waals surface area contributed by atoms with E-state index in [1.54, 1.807) is 0 Å². The van der Waals surface area contributed by atoms with Crippen molar-refractivity contribution in [3.63, 3.8) is 0 Å². The molecule has 5 nitrogen and oxygen atoms in total. The molecule has 2 rings (SSSR count). The lowest BCUT2D eigenvalue weighted by Gasteiger charge is -2.06. The maximum atomic E-state index is 13.3. The molecule has 0 aliphatic carbocycles. The van der Waals surface area contributed by atoms with Gasteiger partial charge in [0.2, 0.25) is 0 Å². The number of carbonyl (C=O) groups excluding carboxylic acids is 2. The van der Waals surface area contributed by atoms with E-state index in [4.69, 9.17) is 0 Å². The summed E-state index contributed by atoms with van der Waals surface area (Å²) >= 11 is 1.07. The van der Waals surface area contributed by atoms with Crippen LogP contribution in [0.25, 0.3) is 0 Å². The number of hydrogen-bond donors (Lipinski definition) is 2. The van der Waals surface area contributed by atoms with Crippen molar-refractivity contribution < 1.29 is 18.4 Å². The minimum Gasteiger partial charge on any atom is -0.305 e. The molecule has 2 amide bonds. The van der Waals surface area contributed by atoms with Crippen LogP contribution in [-0.4, -0.2) is 16.8 Å². The Hall–Kier alpha value is -2.35. The van der Waals surface area contributed by atoms with Crippen LogP contribution in [0.5, 0.6) is 0 Å². The van der Waals surface area contributed by atoms with Crippen LogP contribution in [0.1, 0.15) is 17.4 Å². The van der Waals surface area contributed by atoms with Crippen LogP contribution in [0.2, 0.25) is 0 Å². The maximum Gasteiger partial charge on any atom is 0.325 e. The molecule has 0 unspecified atom stereocenters. The number of aromatic nitrogens is 1. The second-order valence-electron chi connectivity index (χ2n) is 3.80. The molecule has 1 heterocycles. The largest absolute Gasteiger partial charge is 0.325 e.